The lowest BCUT2D eigenvalue weighted by Gasteiger charge is -2.08. The standard InChI is InChI=1S/C18H15ClN2O7/c1-27-17(23)12-4-2-11(3-5-12)9-20-16(22)10-28-18(24)14-8-13(21(25)26)6-7-15(14)19/h2-8H,9-10H2,1H3,(H,20,22). The van der Waals surface area contributed by atoms with Gasteiger partial charge in [-0.1, -0.05) is 23.7 Å². The van der Waals surface area contributed by atoms with E-state index >= 15 is 0 Å². The van der Waals surface area contributed by atoms with Gasteiger partial charge in [-0.05, 0) is 23.8 Å². The molecule has 146 valence electrons. The van der Waals surface area contributed by atoms with Crippen molar-refractivity contribution in [1.82, 2.24) is 5.32 Å². The molecule has 2 aromatic carbocycles. The number of methoxy groups -OCH3 is 1. The zero-order valence-corrected chi connectivity index (χ0v) is 15.4. The number of hydrogen-bond acceptors (Lipinski definition) is 7. The Morgan fingerprint density at radius 2 is 1.79 bits per heavy atom. The molecule has 0 saturated heterocycles. The molecule has 2 rings (SSSR count). The maximum absolute atomic E-state index is 12.0. The largest absolute Gasteiger partial charge is 0.465 e. The van der Waals surface area contributed by atoms with Gasteiger partial charge in [0.2, 0.25) is 0 Å². The summed E-state index contributed by atoms with van der Waals surface area (Å²) in [5.41, 5.74) is 0.563. The molecule has 0 aromatic heterocycles. The summed E-state index contributed by atoms with van der Waals surface area (Å²) in [6, 6.07) is 9.72. The first-order valence-electron chi connectivity index (χ1n) is 7.87. The molecule has 0 atom stereocenters. The summed E-state index contributed by atoms with van der Waals surface area (Å²) in [5.74, 6) is -2.00. The minimum absolute atomic E-state index is 0.0262. The highest BCUT2D eigenvalue weighted by Crippen LogP contribution is 2.22. The predicted molar refractivity (Wildman–Crippen MR) is 98.0 cm³/mol. The number of nitro benzene ring substituents is 1. The van der Waals surface area contributed by atoms with Crippen LogP contribution in [-0.2, 0) is 20.8 Å². The molecule has 28 heavy (non-hydrogen) atoms. The molecule has 0 aliphatic carbocycles. The van der Waals surface area contributed by atoms with Gasteiger partial charge in [-0.15, -0.1) is 0 Å². The molecule has 0 aliphatic rings. The van der Waals surface area contributed by atoms with Crippen molar-refractivity contribution in [3.63, 3.8) is 0 Å². The van der Waals surface area contributed by atoms with Gasteiger partial charge in [0.15, 0.2) is 6.61 Å². The summed E-state index contributed by atoms with van der Waals surface area (Å²) >= 11 is 5.84. The van der Waals surface area contributed by atoms with Crippen molar-refractivity contribution >= 4 is 35.1 Å². The topological polar surface area (TPSA) is 125 Å². The Labute approximate surface area is 164 Å². The number of nitro groups is 1. The van der Waals surface area contributed by atoms with Gasteiger partial charge in [-0.25, -0.2) is 9.59 Å². The van der Waals surface area contributed by atoms with Crippen molar-refractivity contribution in [2.24, 2.45) is 0 Å². The highest BCUT2D eigenvalue weighted by molar-refractivity contribution is 6.33. The highest BCUT2D eigenvalue weighted by Gasteiger charge is 2.18. The predicted octanol–water partition coefficient (Wildman–Crippen LogP) is 2.51. The van der Waals surface area contributed by atoms with Crippen molar-refractivity contribution in [1.29, 1.82) is 0 Å². The number of non-ortho nitro benzene ring substituents is 1. The lowest BCUT2D eigenvalue weighted by molar-refractivity contribution is -0.384. The average Bonchev–Trinajstić information content (AvgIpc) is 2.70. The number of benzene rings is 2. The Balaban J connectivity index is 1.87. The minimum Gasteiger partial charge on any atom is -0.465 e. The fourth-order valence-electron chi connectivity index (χ4n) is 2.12. The molecule has 1 N–H and O–H groups in total. The molecule has 0 heterocycles. The van der Waals surface area contributed by atoms with Crippen LogP contribution in [0.3, 0.4) is 0 Å². The average molecular weight is 407 g/mol. The van der Waals surface area contributed by atoms with Crippen LogP contribution in [0.4, 0.5) is 5.69 Å². The van der Waals surface area contributed by atoms with Crippen molar-refractivity contribution in [2.75, 3.05) is 13.7 Å². The maximum Gasteiger partial charge on any atom is 0.340 e. The molecule has 1 amide bonds. The zero-order valence-electron chi connectivity index (χ0n) is 14.6. The molecular formula is C18H15ClN2O7. The van der Waals surface area contributed by atoms with Crippen molar-refractivity contribution in [3.8, 4) is 0 Å². The third kappa shape index (κ3) is 5.52. The number of esters is 2. The van der Waals surface area contributed by atoms with Crippen molar-refractivity contribution in [2.45, 2.75) is 6.54 Å². The first kappa shape index (κ1) is 20.8. The molecule has 0 unspecified atom stereocenters. The molecule has 0 spiro atoms. The fourth-order valence-corrected chi connectivity index (χ4v) is 2.32. The molecule has 0 aliphatic heterocycles. The number of halogens is 1. The number of amides is 1. The second-order valence-electron chi connectivity index (χ2n) is 5.46. The van der Waals surface area contributed by atoms with Crippen molar-refractivity contribution < 1.29 is 28.8 Å². The van der Waals surface area contributed by atoms with E-state index in [0.717, 1.165) is 12.1 Å². The molecule has 0 radical (unpaired) electrons. The van der Waals surface area contributed by atoms with Crippen LogP contribution in [0, 0.1) is 10.1 Å². The molecule has 0 fully saturated rings. The first-order chi connectivity index (χ1) is 13.3. The third-order valence-corrected chi connectivity index (χ3v) is 3.91. The van der Waals surface area contributed by atoms with E-state index in [0.29, 0.717) is 11.1 Å². The zero-order chi connectivity index (χ0) is 20.7. The third-order valence-electron chi connectivity index (χ3n) is 3.58. The quantitative estimate of drug-likeness (QED) is 0.425. The fraction of sp³-hybridized carbons (Fsp3) is 0.167. The van der Waals surface area contributed by atoms with Gasteiger partial charge in [0, 0.05) is 18.7 Å². The summed E-state index contributed by atoms with van der Waals surface area (Å²) in [6.45, 7) is -0.437. The SMILES string of the molecule is COC(=O)c1ccc(CNC(=O)COC(=O)c2cc([N+](=O)[O-])ccc2Cl)cc1. The monoisotopic (exact) mass is 406 g/mol. The van der Waals surface area contributed by atoms with E-state index in [1.807, 2.05) is 0 Å². The van der Waals surface area contributed by atoms with Gasteiger partial charge in [-0.2, -0.15) is 0 Å². The summed E-state index contributed by atoms with van der Waals surface area (Å²) < 4.78 is 9.43. The number of ether oxygens (including phenoxy) is 2. The normalized spacial score (nSPS) is 10.1. The van der Waals surface area contributed by atoms with Crippen LogP contribution in [0.5, 0.6) is 0 Å². The Kier molecular flexibility index (Phi) is 7.05. The van der Waals surface area contributed by atoms with E-state index in [4.69, 9.17) is 16.3 Å². The lowest BCUT2D eigenvalue weighted by atomic mass is 10.1. The number of nitrogens with zero attached hydrogens (tertiary/aromatic N) is 1. The van der Waals surface area contributed by atoms with E-state index in [1.165, 1.54) is 13.2 Å². The van der Waals surface area contributed by atoms with Crippen LogP contribution >= 0.6 is 11.6 Å². The van der Waals surface area contributed by atoms with Crippen LogP contribution in [-0.4, -0.2) is 36.5 Å². The Hall–Kier alpha value is -3.46. The molecule has 9 nitrogen and oxygen atoms in total. The second kappa shape index (κ2) is 9.47. The summed E-state index contributed by atoms with van der Waals surface area (Å²) in [5, 5.41) is 13.3. The Bertz CT molecular complexity index is 913. The van der Waals surface area contributed by atoms with Gasteiger partial charge < -0.3 is 14.8 Å². The molecule has 10 heteroatoms. The number of nitrogens with one attached hydrogen (secondary N) is 1. The van der Waals surface area contributed by atoms with Gasteiger partial charge in [0.1, 0.15) is 0 Å². The van der Waals surface area contributed by atoms with Gasteiger partial charge in [0.25, 0.3) is 11.6 Å². The van der Waals surface area contributed by atoms with E-state index in [2.05, 4.69) is 10.1 Å². The van der Waals surface area contributed by atoms with E-state index in [9.17, 15) is 24.5 Å². The van der Waals surface area contributed by atoms with Gasteiger partial charge in [-0.3, -0.25) is 14.9 Å². The first-order valence-corrected chi connectivity index (χ1v) is 8.24. The molecule has 0 saturated carbocycles. The number of rotatable bonds is 7. The number of hydrogen-bond donors (Lipinski definition) is 1. The van der Waals surface area contributed by atoms with E-state index < -0.39 is 29.4 Å². The minimum atomic E-state index is -0.953. The maximum atomic E-state index is 12.0. The van der Waals surface area contributed by atoms with Crippen LogP contribution in [0.25, 0.3) is 0 Å². The van der Waals surface area contributed by atoms with Crippen LogP contribution in [0.15, 0.2) is 42.5 Å². The van der Waals surface area contributed by atoms with Crippen molar-refractivity contribution in [3.05, 3.63) is 74.3 Å². The van der Waals surface area contributed by atoms with Crippen LogP contribution < -0.4 is 5.32 Å². The lowest BCUT2D eigenvalue weighted by Crippen LogP contribution is -2.28. The smallest absolute Gasteiger partial charge is 0.340 e. The van der Waals surface area contributed by atoms with Gasteiger partial charge in [0.05, 0.1) is 28.2 Å². The van der Waals surface area contributed by atoms with Crippen LogP contribution in [0.1, 0.15) is 26.3 Å². The molecular weight excluding hydrogens is 392 g/mol. The molecule has 2 aromatic rings. The summed E-state index contributed by atoms with van der Waals surface area (Å²) in [6.07, 6.45) is 0. The Morgan fingerprint density at radius 3 is 2.39 bits per heavy atom. The summed E-state index contributed by atoms with van der Waals surface area (Å²) in [7, 11) is 1.28. The van der Waals surface area contributed by atoms with Crippen LogP contribution in [0.2, 0.25) is 5.02 Å². The highest BCUT2D eigenvalue weighted by atomic mass is 35.5. The number of carbonyl (C=O) groups is 3. The second-order valence-corrected chi connectivity index (χ2v) is 5.87. The van der Waals surface area contributed by atoms with Gasteiger partial charge >= 0.3 is 11.9 Å². The number of carbonyl (C=O) groups excluding carboxylic acids is 3. The Morgan fingerprint density at radius 1 is 1.11 bits per heavy atom. The molecule has 0 bridgehead atoms. The van der Waals surface area contributed by atoms with E-state index in [1.54, 1.807) is 24.3 Å². The van der Waals surface area contributed by atoms with E-state index in [-0.39, 0.29) is 22.8 Å². The summed E-state index contributed by atoms with van der Waals surface area (Å²) in [4.78, 5) is 45.3.